The van der Waals surface area contributed by atoms with Crippen LogP contribution in [0.4, 0.5) is 22.7 Å². The molecule has 68 heavy (non-hydrogen) atoms. The van der Waals surface area contributed by atoms with Crippen LogP contribution in [0.2, 0.25) is 0 Å². The average molecular weight is 875 g/mol. The molecule has 2 heteroatoms. The van der Waals surface area contributed by atoms with Crippen molar-refractivity contribution >= 4 is 28.3 Å². The molecule has 2 nitrogen and oxygen atoms in total. The number of hydrogen-bond donors (Lipinski definition) is 0. The number of allylic oxidation sites excluding steroid dienone is 5. The Kier molecular flexibility index (Phi) is 9.67. The van der Waals surface area contributed by atoms with Crippen molar-refractivity contribution in [2.24, 2.45) is 5.41 Å². The zero-order chi connectivity index (χ0) is 46.2. The normalized spacial score (nSPS) is 18.8. The summed E-state index contributed by atoms with van der Waals surface area (Å²) in [6.45, 7) is 14.0. The molecule has 1 spiro atoms. The second kappa shape index (κ2) is 15.9. The molecule has 8 aromatic carbocycles. The second-order valence-electron chi connectivity index (χ2n) is 19.6. The van der Waals surface area contributed by atoms with Crippen LogP contribution in [0.5, 0.6) is 0 Å². The van der Waals surface area contributed by atoms with Gasteiger partial charge in [0.25, 0.3) is 0 Å². The van der Waals surface area contributed by atoms with Gasteiger partial charge in [-0.05, 0) is 141 Å². The van der Waals surface area contributed by atoms with Crippen molar-refractivity contribution in [2.45, 2.75) is 44.6 Å². The Morgan fingerprint density at radius 3 is 1.72 bits per heavy atom. The molecule has 12 rings (SSSR count). The zero-order valence-corrected chi connectivity index (χ0v) is 39.2. The van der Waals surface area contributed by atoms with Gasteiger partial charge in [-0.25, -0.2) is 0 Å². The number of fused-ring (bicyclic) bond motifs is 10. The molecule has 0 bridgehead atoms. The van der Waals surface area contributed by atoms with E-state index in [0.29, 0.717) is 0 Å². The minimum absolute atomic E-state index is 0.101. The number of hydrogen-bond acceptors (Lipinski definition) is 2. The van der Waals surface area contributed by atoms with Crippen LogP contribution in [0.15, 0.2) is 254 Å². The first kappa shape index (κ1) is 41.5. The van der Waals surface area contributed by atoms with E-state index in [1.54, 1.807) is 0 Å². The van der Waals surface area contributed by atoms with Crippen LogP contribution in [-0.2, 0) is 10.8 Å². The molecule has 0 fully saturated rings. The molecule has 1 aliphatic heterocycles. The minimum atomic E-state index is -0.494. The Labute approximate surface area is 401 Å². The fourth-order valence-electron chi connectivity index (χ4n) is 12.1. The maximum absolute atomic E-state index is 4.63. The first-order chi connectivity index (χ1) is 33.2. The fourth-order valence-corrected chi connectivity index (χ4v) is 12.1. The molecule has 328 valence electrons. The fraction of sp³-hybridized carbons (Fsp3) is 0.121. The van der Waals surface area contributed by atoms with Crippen LogP contribution in [0.3, 0.4) is 0 Å². The van der Waals surface area contributed by atoms with Crippen LogP contribution in [-0.4, -0.2) is 6.04 Å². The van der Waals surface area contributed by atoms with E-state index in [1.807, 2.05) is 0 Å². The van der Waals surface area contributed by atoms with Crippen molar-refractivity contribution in [3.63, 3.8) is 0 Å². The van der Waals surface area contributed by atoms with E-state index in [0.717, 1.165) is 28.2 Å². The summed E-state index contributed by atoms with van der Waals surface area (Å²) < 4.78 is 0. The highest BCUT2D eigenvalue weighted by molar-refractivity contribution is 5.91. The molecule has 3 aliphatic carbocycles. The van der Waals surface area contributed by atoms with Gasteiger partial charge in [0, 0.05) is 39.3 Å². The Balaban J connectivity index is 0.972. The minimum Gasteiger partial charge on any atom is -0.333 e. The number of nitrogens with zero attached hydrogens (tertiary/aromatic N) is 2. The SMILES string of the molecule is C=C(/C=C\C1=C(C)C2(C)C=CC=CC2N1c1ccccc1)c1ccc(N(c2ccc(-c3ccccc3)cc2)c2ccc3c(c2)C2(c4ccccc4-3)c3ccccc3C(C)(C)c3ccccc32)cc1. The van der Waals surface area contributed by atoms with Crippen molar-refractivity contribution in [3.05, 3.63) is 293 Å². The Morgan fingerprint density at radius 1 is 0.529 bits per heavy atom. The highest BCUT2D eigenvalue weighted by Crippen LogP contribution is 2.63. The molecule has 0 saturated heterocycles. The van der Waals surface area contributed by atoms with E-state index in [9.17, 15) is 0 Å². The summed E-state index contributed by atoms with van der Waals surface area (Å²) in [6, 6.07) is 74.2. The molecular formula is C66H54N2. The summed E-state index contributed by atoms with van der Waals surface area (Å²) in [4.78, 5) is 4.90. The highest BCUT2D eigenvalue weighted by Gasteiger charge is 2.53. The van der Waals surface area contributed by atoms with Gasteiger partial charge in [0.05, 0.1) is 11.5 Å². The molecule has 0 aromatic heterocycles. The number of anilines is 4. The summed E-state index contributed by atoms with van der Waals surface area (Å²) >= 11 is 0. The summed E-state index contributed by atoms with van der Waals surface area (Å²) in [5, 5.41) is 0. The Morgan fingerprint density at radius 2 is 1.06 bits per heavy atom. The lowest BCUT2D eigenvalue weighted by molar-refractivity contribution is 0.476. The van der Waals surface area contributed by atoms with Crippen LogP contribution in [0.1, 0.15) is 66.6 Å². The van der Waals surface area contributed by atoms with Crippen molar-refractivity contribution in [1.29, 1.82) is 0 Å². The van der Waals surface area contributed by atoms with Crippen LogP contribution in [0.25, 0.3) is 27.8 Å². The number of para-hydroxylation sites is 1. The van der Waals surface area contributed by atoms with E-state index >= 15 is 0 Å². The predicted octanol–water partition coefficient (Wildman–Crippen LogP) is 16.7. The van der Waals surface area contributed by atoms with Crippen molar-refractivity contribution < 1.29 is 0 Å². The molecule has 2 unspecified atom stereocenters. The lowest BCUT2D eigenvalue weighted by Crippen LogP contribution is -2.40. The summed E-state index contributed by atoms with van der Waals surface area (Å²) in [5.41, 5.74) is 21.4. The third-order valence-electron chi connectivity index (χ3n) is 15.7. The molecule has 2 atom stereocenters. The summed E-state index contributed by atoms with van der Waals surface area (Å²) in [7, 11) is 0. The largest absolute Gasteiger partial charge is 0.333 e. The predicted molar refractivity (Wildman–Crippen MR) is 286 cm³/mol. The van der Waals surface area contributed by atoms with Gasteiger partial charge < -0.3 is 9.80 Å². The molecule has 0 amide bonds. The maximum atomic E-state index is 4.63. The standard InChI is InChI=1S/C66H54N2/c1-45(31-42-62-46(2)65(5)43-19-18-30-63(65)68(62)50-22-10-7-11-23-50)47-32-36-51(37-33-47)67(52-38-34-49(35-39-52)48-20-8-6-9-21-48)53-40-41-55-54-24-12-13-25-56(54)66(61(55)44-53)59-28-16-14-26-57(59)64(3,4)58-27-15-17-29-60(58)66/h6-44,63H,1H2,2-5H3/b42-31-. The van der Waals surface area contributed by atoms with E-state index in [-0.39, 0.29) is 16.9 Å². The van der Waals surface area contributed by atoms with Crippen molar-refractivity contribution in [2.75, 3.05) is 9.80 Å². The van der Waals surface area contributed by atoms with Gasteiger partial charge in [-0.1, -0.05) is 202 Å². The van der Waals surface area contributed by atoms with Gasteiger partial charge in [0.1, 0.15) is 0 Å². The zero-order valence-electron chi connectivity index (χ0n) is 39.2. The summed E-state index contributed by atoms with van der Waals surface area (Å²) in [5.74, 6) is 0. The molecule has 0 N–H and O–H groups in total. The van der Waals surface area contributed by atoms with E-state index < -0.39 is 5.41 Å². The summed E-state index contributed by atoms with van der Waals surface area (Å²) in [6.07, 6.45) is 13.5. The molecule has 8 aromatic rings. The number of rotatable bonds is 8. The van der Waals surface area contributed by atoms with Gasteiger partial charge in [-0.3, -0.25) is 0 Å². The van der Waals surface area contributed by atoms with Gasteiger partial charge in [-0.2, -0.15) is 0 Å². The average Bonchev–Trinajstić information content (AvgIpc) is 3.80. The van der Waals surface area contributed by atoms with Gasteiger partial charge in [0.15, 0.2) is 0 Å². The third-order valence-corrected chi connectivity index (χ3v) is 15.7. The Bertz CT molecular complexity index is 3350. The molecule has 0 radical (unpaired) electrons. The van der Waals surface area contributed by atoms with E-state index in [4.69, 9.17) is 0 Å². The Hall–Kier alpha value is -7.94. The van der Waals surface area contributed by atoms with Crippen molar-refractivity contribution in [3.8, 4) is 22.3 Å². The first-order valence-corrected chi connectivity index (χ1v) is 24.0. The third kappa shape index (κ3) is 6.17. The number of benzene rings is 8. The lowest BCUT2D eigenvalue weighted by Gasteiger charge is -2.46. The van der Waals surface area contributed by atoms with Gasteiger partial charge in [-0.15, -0.1) is 0 Å². The van der Waals surface area contributed by atoms with E-state index in [1.165, 1.54) is 72.6 Å². The molecule has 1 heterocycles. The topological polar surface area (TPSA) is 6.48 Å². The monoisotopic (exact) mass is 874 g/mol. The van der Waals surface area contributed by atoms with E-state index in [2.05, 4.69) is 281 Å². The first-order valence-electron chi connectivity index (χ1n) is 24.0. The van der Waals surface area contributed by atoms with Crippen LogP contribution < -0.4 is 9.80 Å². The lowest BCUT2D eigenvalue weighted by atomic mass is 9.55. The quantitative estimate of drug-likeness (QED) is 0.140. The smallest absolute Gasteiger partial charge is 0.0720 e. The maximum Gasteiger partial charge on any atom is 0.0720 e. The highest BCUT2D eigenvalue weighted by atomic mass is 15.2. The van der Waals surface area contributed by atoms with Crippen molar-refractivity contribution in [1.82, 2.24) is 0 Å². The van der Waals surface area contributed by atoms with Gasteiger partial charge in [0.2, 0.25) is 0 Å². The van der Waals surface area contributed by atoms with Gasteiger partial charge >= 0.3 is 0 Å². The molecule has 4 aliphatic rings. The molecule has 0 saturated carbocycles. The van der Waals surface area contributed by atoms with Crippen LogP contribution in [0, 0.1) is 5.41 Å². The molecular weight excluding hydrogens is 821 g/mol. The van der Waals surface area contributed by atoms with Crippen LogP contribution >= 0.6 is 0 Å². The second-order valence-corrected chi connectivity index (χ2v) is 19.6.